The molecule has 1 amide bonds. The minimum absolute atomic E-state index is 0. The number of nitrogens with one attached hydrogen (secondary N) is 2. The summed E-state index contributed by atoms with van der Waals surface area (Å²) in [6, 6.07) is 4.22. The molecule has 1 aliphatic rings. The predicted molar refractivity (Wildman–Crippen MR) is 80.7 cm³/mol. The molecule has 2 N–H and O–H groups in total. The molecule has 0 radical (unpaired) electrons. The smallest absolute Gasteiger partial charge is 0.256 e. The van der Waals surface area contributed by atoms with Gasteiger partial charge in [-0.3, -0.25) is 4.79 Å². The van der Waals surface area contributed by atoms with E-state index in [9.17, 15) is 9.18 Å². The van der Waals surface area contributed by atoms with E-state index in [0.29, 0.717) is 18.5 Å². The average Bonchev–Trinajstić information content (AvgIpc) is 2.49. The van der Waals surface area contributed by atoms with Gasteiger partial charge in [0.05, 0.1) is 7.11 Å². The number of piperidine rings is 1. The van der Waals surface area contributed by atoms with Crippen LogP contribution in [-0.2, 0) is 9.53 Å². The number of methoxy groups -OCH3 is 2. The Balaban J connectivity index is 0.00000220. The van der Waals surface area contributed by atoms with E-state index in [2.05, 4.69) is 10.6 Å². The highest BCUT2D eigenvalue weighted by Crippen LogP contribution is 2.26. The van der Waals surface area contributed by atoms with Crippen molar-refractivity contribution in [3.63, 3.8) is 0 Å². The van der Waals surface area contributed by atoms with Crippen LogP contribution in [0.5, 0.6) is 5.75 Å². The molecule has 0 atom stereocenters. The Kier molecular flexibility index (Phi) is 6.39. The van der Waals surface area contributed by atoms with Gasteiger partial charge in [-0.25, -0.2) is 4.39 Å². The standard InChI is InChI=1S/C14H19FN2O3.ClH/c1-19-12-9-10(3-4-11(12)15)17-13(18)14(20-2)5-7-16-8-6-14;/h3-4,9,16H,5-8H2,1-2H3,(H,17,18);1H. The zero-order valence-electron chi connectivity index (χ0n) is 12.1. The minimum Gasteiger partial charge on any atom is -0.494 e. The number of carbonyl (C=O) groups excluding carboxylic acids is 1. The Morgan fingerprint density at radius 2 is 2.00 bits per heavy atom. The Hall–Kier alpha value is -1.37. The molecule has 0 spiro atoms. The van der Waals surface area contributed by atoms with Gasteiger partial charge in [-0.2, -0.15) is 0 Å². The third kappa shape index (κ3) is 3.84. The van der Waals surface area contributed by atoms with Crippen LogP contribution in [0.3, 0.4) is 0 Å². The second-order valence-corrected chi connectivity index (χ2v) is 4.75. The van der Waals surface area contributed by atoms with Crippen LogP contribution in [0.1, 0.15) is 12.8 Å². The summed E-state index contributed by atoms with van der Waals surface area (Å²) < 4.78 is 23.7. The quantitative estimate of drug-likeness (QED) is 0.891. The zero-order valence-corrected chi connectivity index (χ0v) is 12.9. The van der Waals surface area contributed by atoms with Crippen LogP contribution in [0, 0.1) is 5.82 Å². The lowest BCUT2D eigenvalue weighted by Crippen LogP contribution is -2.51. The van der Waals surface area contributed by atoms with Gasteiger partial charge in [0, 0.05) is 18.9 Å². The van der Waals surface area contributed by atoms with E-state index < -0.39 is 11.4 Å². The lowest BCUT2D eigenvalue weighted by atomic mass is 9.91. The molecule has 1 aromatic rings. The van der Waals surface area contributed by atoms with E-state index in [4.69, 9.17) is 9.47 Å². The average molecular weight is 319 g/mol. The van der Waals surface area contributed by atoms with Crippen molar-refractivity contribution in [2.75, 3.05) is 32.6 Å². The van der Waals surface area contributed by atoms with E-state index in [1.807, 2.05) is 0 Å². The maximum atomic E-state index is 13.3. The number of halogens is 2. The maximum Gasteiger partial charge on any atom is 0.256 e. The van der Waals surface area contributed by atoms with E-state index in [1.54, 1.807) is 0 Å². The molecule has 0 unspecified atom stereocenters. The third-order valence-corrected chi connectivity index (χ3v) is 3.62. The van der Waals surface area contributed by atoms with Crippen molar-refractivity contribution in [1.82, 2.24) is 5.32 Å². The van der Waals surface area contributed by atoms with Crippen molar-refractivity contribution >= 4 is 24.0 Å². The van der Waals surface area contributed by atoms with Crippen molar-refractivity contribution < 1.29 is 18.7 Å². The second-order valence-electron chi connectivity index (χ2n) is 4.75. The predicted octanol–water partition coefficient (Wildman–Crippen LogP) is 1.96. The van der Waals surface area contributed by atoms with E-state index in [1.165, 1.54) is 32.4 Å². The fourth-order valence-corrected chi connectivity index (χ4v) is 2.34. The van der Waals surface area contributed by atoms with Gasteiger partial charge in [0.2, 0.25) is 0 Å². The summed E-state index contributed by atoms with van der Waals surface area (Å²) in [5.74, 6) is -0.580. The first-order valence-corrected chi connectivity index (χ1v) is 6.52. The number of hydrogen-bond donors (Lipinski definition) is 2. The van der Waals surface area contributed by atoms with Gasteiger partial charge in [0.15, 0.2) is 11.6 Å². The van der Waals surface area contributed by atoms with Crippen molar-refractivity contribution in [1.29, 1.82) is 0 Å². The SMILES string of the molecule is COc1cc(NC(=O)C2(OC)CCNCC2)ccc1F.Cl. The molecule has 1 aromatic carbocycles. The molecule has 0 saturated carbocycles. The monoisotopic (exact) mass is 318 g/mol. The summed E-state index contributed by atoms with van der Waals surface area (Å²) in [7, 11) is 2.92. The van der Waals surface area contributed by atoms with Gasteiger partial charge in [0.25, 0.3) is 5.91 Å². The minimum atomic E-state index is -0.827. The van der Waals surface area contributed by atoms with Crippen LogP contribution in [-0.4, -0.2) is 38.8 Å². The van der Waals surface area contributed by atoms with Gasteiger partial charge in [-0.1, -0.05) is 0 Å². The largest absolute Gasteiger partial charge is 0.494 e. The molecule has 0 aliphatic carbocycles. The van der Waals surface area contributed by atoms with Crippen LogP contribution in [0.25, 0.3) is 0 Å². The van der Waals surface area contributed by atoms with Crippen LogP contribution in [0.2, 0.25) is 0 Å². The molecule has 0 bridgehead atoms. The molecule has 5 nitrogen and oxygen atoms in total. The summed E-state index contributed by atoms with van der Waals surface area (Å²) in [5.41, 5.74) is -0.337. The van der Waals surface area contributed by atoms with E-state index in [0.717, 1.165) is 13.1 Å². The summed E-state index contributed by atoms with van der Waals surface area (Å²) in [5, 5.41) is 5.96. The summed E-state index contributed by atoms with van der Waals surface area (Å²) in [4.78, 5) is 12.4. The number of benzene rings is 1. The van der Waals surface area contributed by atoms with Gasteiger partial charge >= 0.3 is 0 Å². The van der Waals surface area contributed by atoms with Gasteiger partial charge in [-0.05, 0) is 38.1 Å². The molecular formula is C14H20ClFN2O3. The topological polar surface area (TPSA) is 59.6 Å². The molecule has 21 heavy (non-hydrogen) atoms. The molecule has 1 fully saturated rings. The zero-order chi connectivity index (χ0) is 14.6. The number of hydrogen-bond acceptors (Lipinski definition) is 4. The van der Waals surface area contributed by atoms with Crippen molar-refractivity contribution in [2.24, 2.45) is 0 Å². The Morgan fingerprint density at radius 3 is 2.57 bits per heavy atom. The first-order valence-electron chi connectivity index (χ1n) is 6.52. The van der Waals surface area contributed by atoms with E-state index in [-0.39, 0.29) is 24.1 Å². The molecule has 1 saturated heterocycles. The molecule has 7 heteroatoms. The number of anilines is 1. The summed E-state index contributed by atoms with van der Waals surface area (Å²) in [6.45, 7) is 1.46. The highest BCUT2D eigenvalue weighted by molar-refractivity contribution is 5.97. The number of rotatable bonds is 4. The highest BCUT2D eigenvalue weighted by atomic mass is 35.5. The second kappa shape index (κ2) is 7.59. The van der Waals surface area contributed by atoms with Crippen LogP contribution < -0.4 is 15.4 Å². The first kappa shape index (κ1) is 17.7. The molecule has 1 aliphatic heterocycles. The van der Waals surface area contributed by atoms with Crippen molar-refractivity contribution in [2.45, 2.75) is 18.4 Å². The number of ether oxygens (including phenoxy) is 2. The van der Waals surface area contributed by atoms with Gasteiger partial charge < -0.3 is 20.1 Å². The number of carbonyl (C=O) groups is 1. The normalized spacial score (nSPS) is 16.7. The molecule has 2 rings (SSSR count). The van der Waals surface area contributed by atoms with Crippen molar-refractivity contribution in [3.8, 4) is 5.75 Å². The maximum absolute atomic E-state index is 13.3. The van der Waals surface area contributed by atoms with Crippen LogP contribution in [0.4, 0.5) is 10.1 Å². The Labute approximate surface area is 129 Å². The lowest BCUT2D eigenvalue weighted by Gasteiger charge is -2.34. The summed E-state index contributed by atoms with van der Waals surface area (Å²) in [6.07, 6.45) is 1.21. The molecule has 0 aromatic heterocycles. The van der Waals surface area contributed by atoms with Crippen molar-refractivity contribution in [3.05, 3.63) is 24.0 Å². The van der Waals surface area contributed by atoms with Crippen LogP contribution in [0.15, 0.2) is 18.2 Å². The highest BCUT2D eigenvalue weighted by Gasteiger charge is 2.39. The third-order valence-electron chi connectivity index (χ3n) is 3.62. The molecule has 1 heterocycles. The first-order chi connectivity index (χ1) is 9.61. The summed E-state index contributed by atoms with van der Waals surface area (Å²) >= 11 is 0. The Bertz CT molecular complexity index is 493. The van der Waals surface area contributed by atoms with E-state index >= 15 is 0 Å². The molecular weight excluding hydrogens is 299 g/mol. The van der Waals surface area contributed by atoms with Gasteiger partial charge in [0.1, 0.15) is 5.60 Å². The van der Waals surface area contributed by atoms with Gasteiger partial charge in [-0.15, -0.1) is 12.4 Å². The lowest BCUT2D eigenvalue weighted by molar-refractivity contribution is -0.140. The number of amides is 1. The molecule has 118 valence electrons. The fourth-order valence-electron chi connectivity index (χ4n) is 2.34. The Morgan fingerprint density at radius 1 is 1.33 bits per heavy atom. The van der Waals surface area contributed by atoms with Crippen LogP contribution >= 0.6 is 12.4 Å². The fraction of sp³-hybridized carbons (Fsp3) is 0.500.